The molecule has 2 N–H and O–H groups in total. The van der Waals surface area contributed by atoms with Crippen molar-refractivity contribution in [2.45, 2.75) is 13.3 Å². The molecule has 0 saturated carbocycles. The van der Waals surface area contributed by atoms with Crippen molar-refractivity contribution < 1.29 is 19.7 Å². The number of hydrogen-bond donors (Lipinski definition) is 2. The molecule has 0 aliphatic rings. The third-order valence-electron chi connectivity index (χ3n) is 1.96. The first-order valence-electron chi connectivity index (χ1n) is 4.84. The van der Waals surface area contributed by atoms with Crippen LogP contribution in [-0.2, 0) is 4.74 Å². The predicted octanol–water partition coefficient (Wildman–Crippen LogP) is 2.22. The van der Waals surface area contributed by atoms with Gasteiger partial charge in [0.25, 0.3) is 0 Å². The molecule has 1 rings (SSSR count). The number of benzene rings is 1. The van der Waals surface area contributed by atoms with Crippen molar-refractivity contribution in [3.63, 3.8) is 0 Å². The molecule has 0 heterocycles. The molecule has 0 bridgehead atoms. The summed E-state index contributed by atoms with van der Waals surface area (Å²) in [6, 6.07) is 3.72. The number of hydrogen-bond acceptors (Lipinski definition) is 4. The second-order valence-electron chi connectivity index (χ2n) is 3.54. The largest absolute Gasteiger partial charge is 0.508 e. The Labute approximate surface area is 93.8 Å². The highest BCUT2D eigenvalue weighted by molar-refractivity contribution is 5.92. The molecule has 0 aromatic heterocycles. The van der Waals surface area contributed by atoms with E-state index in [0.29, 0.717) is 6.42 Å². The second kappa shape index (κ2) is 5.21. The number of phenolic OH excluding ortho intramolecular Hbond substituents is 2. The lowest BCUT2D eigenvalue weighted by atomic mass is 10.2. The van der Waals surface area contributed by atoms with Gasteiger partial charge in [0.1, 0.15) is 17.1 Å². The van der Waals surface area contributed by atoms with Crippen LogP contribution < -0.4 is 0 Å². The van der Waals surface area contributed by atoms with E-state index in [2.05, 4.69) is 6.58 Å². The molecule has 0 aliphatic carbocycles. The number of rotatable bonds is 4. The van der Waals surface area contributed by atoms with E-state index in [-0.39, 0.29) is 23.7 Å². The molecule has 4 heteroatoms. The summed E-state index contributed by atoms with van der Waals surface area (Å²) in [5, 5.41) is 18.4. The van der Waals surface area contributed by atoms with Crippen LogP contribution in [0.5, 0.6) is 11.5 Å². The standard InChI is InChI=1S/C12H14O4/c1-8(2)5-6-16-12(15)10-4-3-9(13)7-11(10)14/h3-4,7,13-14H,1,5-6H2,2H3. The van der Waals surface area contributed by atoms with Gasteiger partial charge < -0.3 is 14.9 Å². The second-order valence-corrected chi connectivity index (χ2v) is 3.54. The van der Waals surface area contributed by atoms with Gasteiger partial charge in [0.15, 0.2) is 0 Å². The number of carbonyl (C=O) groups is 1. The fourth-order valence-electron chi connectivity index (χ4n) is 1.09. The fourth-order valence-corrected chi connectivity index (χ4v) is 1.09. The van der Waals surface area contributed by atoms with Gasteiger partial charge in [0, 0.05) is 12.5 Å². The van der Waals surface area contributed by atoms with Crippen molar-refractivity contribution in [2.24, 2.45) is 0 Å². The van der Waals surface area contributed by atoms with E-state index in [1.54, 1.807) is 0 Å². The Kier molecular flexibility index (Phi) is 3.94. The van der Waals surface area contributed by atoms with Crippen LogP contribution in [0.25, 0.3) is 0 Å². The number of ether oxygens (including phenoxy) is 1. The van der Waals surface area contributed by atoms with Crippen LogP contribution in [0.1, 0.15) is 23.7 Å². The van der Waals surface area contributed by atoms with Crippen molar-refractivity contribution in [3.8, 4) is 11.5 Å². The summed E-state index contributed by atoms with van der Waals surface area (Å²) in [6.07, 6.45) is 0.588. The Morgan fingerprint density at radius 3 is 2.69 bits per heavy atom. The molecule has 0 atom stereocenters. The van der Waals surface area contributed by atoms with Gasteiger partial charge in [-0.3, -0.25) is 0 Å². The van der Waals surface area contributed by atoms with Gasteiger partial charge in [0.05, 0.1) is 6.61 Å². The van der Waals surface area contributed by atoms with Gasteiger partial charge in [-0.15, -0.1) is 6.58 Å². The number of esters is 1. The van der Waals surface area contributed by atoms with Crippen LogP contribution in [-0.4, -0.2) is 22.8 Å². The van der Waals surface area contributed by atoms with Gasteiger partial charge in [-0.25, -0.2) is 4.79 Å². The molecular weight excluding hydrogens is 208 g/mol. The minimum absolute atomic E-state index is 0.0412. The smallest absolute Gasteiger partial charge is 0.341 e. The summed E-state index contributed by atoms with van der Waals surface area (Å²) in [5.74, 6) is -1.00. The van der Waals surface area contributed by atoms with E-state index in [0.717, 1.165) is 11.6 Å². The van der Waals surface area contributed by atoms with Crippen LogP contribution in [0.15, 0.2) is 30.4 Å². The summed E-state index contributed by atoms with van der Waals surface area (Å²) in [5.41, 5.74) is 0.960. The number of aromatic hydroxyl groups is 2. The molecule has 0 radical (unpaired) electrons. The normalized spacial score (nSPS) is 9.81. The molecule has 0 unspecified atom stereocenters. The first-order valence-corrected chi connectivity index (χ1v) is 4.84. The summed E-state index contributed by atoms with van der Waals surface area (Å²) in [7, 11) is 0. The van der Waals surface area contributed by atoms with Crippen molar-refractivity contribution in [3.05, 3.63) is 35.9 Å². The van der Waals surface area contributed by atoms with Crippen molar-refractivity contribution >= 4 is 5.97 Å². The van der Waals surface area contributed by atoms with Crippen LogP contribution >= 0.6 is 0 Å². The van der Waals surface area contributed by atoms with E-state index in [1.165, 1.54) is 12.1 Å². The quantitative estimate of drug-likeness (QED) is 0.605. The zero-order valence-corrected chi connectivity index (χ0v) is 9.06. The van der Waals surface area contributed by atoms with Crippen LogP contribution in [0.3, 0.4) is 0 Å². The van der Waals surface area contributed by atoms with Crippen molar-refractivity contribution in [2.75, 3.05) is 6.61 Å². The molecule has 0 fully saturated rings. The summed E-state index contributed by atoms with van der Waals surface area (Å²) >= 11 is 0. The summed E-state index contributed by atoms with van der Waals surface area (Å²) < 4.78 is 4.92. The van der Waals surface area contributed by atoms with Gasteiger partial charge in [-0.05, 0) is 19.1 Å². The summed E-state index contributed by atoms with van der Waals surface area (Å²) in [6.45, 7) is 5.75. The maximum Gasteiger partial charge on any atom is 0.341 e. The Morgan fingerprint density at radius 1 is 1.44 bits per heavy atom. The Balaban J connectivity index is 2.63. The van der Waals surface area contributed by atoms with E-state index >= 15 is 0 Å². The van der Waals surface area contributed by atoms with Gasteiger partial charge >= 0.3 is 5.97 Å². The van der Waals surface area contributed by atoms with E-state index < -0.39 is 5.97 Å². The fraction of sp³-hybridized carbons (Fsp3) is 0.250. The van der Waals surface area contributed by atoms with E-state index in [4.69, 9.17) is 9.84 Å². The van der Waals surface area contributed by atoms with Crippen LogP contribution in [0.4, 0.5) is 0 Å². The molecule has 16 heavy (non-hydrogen) atoms. The van der Waals surface area contributed by atoms with Gasteiger partial charge in [-0.1, -0.05) is 5.57 Å². The Morgan fingerprint density at radius 2 is 2.12 bits per heavy atom. The molecule has 0 spiro atoms. The molecule has 0 amide bonds. The van der Waals surface area contributed by atoms with E-state index in [1.807, 2.05) is 6.92 Å². The average Bonchev–Trinajstić information content (AvgIpc) is 2.16. The lowest BCUT2D eigenvalue weighted by molar-refractivity contribution is 0.0506. The monoisotopic (exact) mass is 222 g/mol. The van der Waals surface area contributed by atoms with Crippen LogP contribution in [0.2, 0.25) is 0 Å². The molecule has 0 saturated heterocycles. The molecular formula is C12H14O4. The molecule has 1 aromatic rings. The molecule has 86 valence electrons. The maximum absolute atomic E-state index is 11.5. The maximum atomic E-state index is 11.5. The van der Waals surface area contributed by atoms with Crippen molar-refractivity contribution in [1.29, 1.82) is 0 Å². The lowest BCUT2D eigenvalue weighted by Crippen LogP contribution is -2.06. The van der Waals surface area contributed by atoms with Gasteiger partial charge in [0.2, 0.25) is 0 Å². The van der Waals surface area contributed by atoms with E-state index in [9.17, 15) is 9.90 Å². The highest BCUT2D eigenvalue weighted by Gasteiger charge is 2.12. The molecule has 1 aromatic carbocycles. The third-order valence-corrected chi connectivity index (χ3v) is 1.96. The zero-order chi connectivity index (χ0) is 12.1. The zero-order valence-electron chi connectivity index (χ0n) is 9.06. The first-order chi connectivity index (χ1) is 7.50. The summed E-state index contributed by atoms with van der Waals surface area (Å²) in [4.78, 5) is 11.5. The minimum atomic E-state index is -0.612. The van der Waals surface area contributed by atoms with Crippen molar-refractivity contribution in [1.82, 2.24) is 0 Å². The highest BCUT2D eigenvalue weighted by atomic mass is 16.5. The topological polar surface area (TPSA) is 66.8 Å². The Hall–Kier alpha value is -1.97. The third kappa shape index (κ3) is 3.31. The van der Waals surface area contributed by atoms with Gasteiger partial charge in [-0.2, -0.15) is 0 Å². The predicted molar refractivity (Wildman–Crippen MR) is 59.5 cm³/mol. The number of carbonyl (C=O) groups excluding carboxylic acids is 1. The molecule has 0 aliphatic heterocycles. The van der Waals surface area contributed by atoms with Crippen LogP contribution in [0, 0.1) is 0 Å². The number of phenols is 2. The average molecular weight is 222 g/mol. The highest BCUT2D eigenvalue weighted by Crippen LogP contribution is 2.23. The first kappa shape index (κ1) is 12.1. The SMILES string of the molecule is C=C(C)CCOC(=O)c1ccc(O)cc1O. The molecule has 4 nitrogen and oxygen atoms in total. The Bertz CT molecular complexity index is 409. The minimum Gasteiger partial charge on any atom is -0.508 e. The lowest BCUT2D eigenvalue weighted by Gasteiger charge is -2.06.